The number of carboxylic acids is 1. The van der Waals surface area contributed by atoms with Gasteiger partial charge in [0.05, 0.1) is 6.54 Å². The summed E-state index contributed by atoms with van der Waals surface area (Å²) in [5, 5.41) is 25.0. The van der Waals surface area contributed by atoms with Gasteiger partial charge in [-0.1, -0.05) is 12.1 Å². The molecule has 7 N–H and O–H groups in total. The molecule has 0 saturated carbocycles. The Morgan fingerprint density at radius 3 is 2.23 bits per heavy atom. The number of phenolic OH excluding ortho intramolecular Hbond substituents is 1. The van der Waals surface area contributed by atoms with Gasteiger partial charge in [0.2, 0.25) is 17.7 Å². The summed E-state index contributed by atoms with van der Waals surface area (Å²) >= 11 is 0. The number of carboxylic acid groups (broad SMARTS) is 1. The van der Waals surface area contributed by atoms with E-state index in [9.17, 15) is 24.3 Å². The SMILES string of the molecule is CC(NC(=O)CN)C(=O)NC(Cc1ccc(O)cc1)C(=O)NCC(=O)O. The van der Waals surface area contributed by atoms with Crippen molar-refractivity contribution in [1.29, 1.82) is 0 Å². The Labute approximate surface area is 149 Å². The number of hydrogen-bond acceptors (Lipinski definition) is 6. The van der Waals surface area contributed by atoms with Gasteiger partial charge in [0.1, 0.15) is 24.4 Å². The molecule has 0 saturated heterocycles. The lowest BCUT2D eigenvalue weighted by molar-refractivity contribution is -0.138. The molecule has 142 valence electrons. The Hall–Kier alpha value is -3.14. The molecule has 2 atom stereocenters. The second kappa shape index (κ2) is 9.99. The van der Waals surface area contributed by atoms with Crippen LogP contribution >= 0.6 is 0 Å². The number of carbonyl (C=O) groups is 4. The molecule has 0 aliphatic rings. The Morgan fingerprint density at radius 1 is 1.08 bits per heavy atom. The molecule has 0 radical (unpaired) electrons. The zero-order valence-corrected chi connectivity index (χ0v) is 14.2. The topological polar surface area (TPSA) is 171 Å². The summed E-state index contributed by atoms with van der Waals surface area (Å²) in [6.07, 6.45) is 0.0645. The van der Waals surface area contributed by atoms with Crippen LogP contribution in [0.25, 0.3) is 0 Å². The molecule has 10 heteroatoms. The zero-order chi connectivity index (χ0) is 19.7. The van der Waals surface area contributed by atoms with E-state index < -0.39 is 42.3 Å². The van der Waals surface area contributed by atoms with Crippen LogP contribution in [0.5, 0.6) is 5.75 Å². The molecule has 2 unspecified atom stereocenters. The van der Waals surface area contributed by atoms with Crippen molar-refractivity contribution in [2.75, 3.05) is 13.1 Å². The van der Waals surface area contributed by atoms with E-state index in [0.29, 0.717) is 5.56 Å². The molecule has 0 spiro atoms. The fraction of sp³-hybridized carbons (Fsp3) is 0.375. The van der Waals surface area contributed by atoms with Crippen LogP contribution in [-0.2, 0) is 25.6 Å². The van der Waals surface area contributed by atoms with Crippen molar-refractivity contribution in [1.82, 2.24) is 16.0 Å². The van der Waals surface area contributed by atoms with Gasteiger partial charge in [-0.05, 0) is 24.6 Å². The molecule has 0 heterocycles. The van der Waals surface area contributed by atoms with Crippen LogP contribution in [0, 0.1) is 0 Å². The van der Waals surface area contributed by atoms with E-state index in [1.807, 2.05) is 0 Å². The minimum atomic E-state index is -1.23. The van der Waals surface area contributed by atoms with Gasteiger partial charge in [0.25, 0.3) is 0 Å². The molecule has 1 rings (SSSR count). The van der Waals surface area contributed by atoms with E-state index in [1.54, 1.807) is 12.1 Å². The second-order valence-corrected chi connectivity index (χ2v) is 5.54. The second-order valence-electron chi connectivity index (χ2n) is 5.54. The number of nitrogens with two attached hydrogens (primary N) is 1. The van der Waals surface area contributed by atoms with Gasteiger partial charge in [-0.25, -0.2) is 0 Å². The highest BCUT2D eigenvalue weighted by Gasteiger charge is 2.24. The summed E-state index contributed by atoms with van der Waals surface area (Å²) < 4.78 is 0. The maximum absolute atomic E-state index is 12.2. The molecular formula is C16H22N4O6. The molecule has 0 aliphatic carbocycles. The molecule has 0 aliphatic heterocycles. The van der Waals surface area contributed by atoms with Crippen molar-refractivity contribution < 1.29 is 29.4 Å². The van der Waals surface area contributed by atoms with Crippen molar-refractivity contribution in [3.05, 3.63) is 29.8 Å². The molecule has 0 bridgehead atoms. The smallest absolute Gasteiger partial charge is 0.322 e. The van der Waals surface area contributed by atoms with Crippen LogP contribution in [0.4, 0.5) is 0 Å². The van der Waals surface area contributed by atoms with Crippen LogP contribution in [-0.4, -0.2) is 59.1 Å². The maximum atomic E-state index is 12.2. The first-order valence-electron chi connectivity index (χ1n) is 7.80. The van der Waals surface area contributed by atoms with Crippen LogP contribution < -0.4 is 21.7 Å². The summed E-state index contributed by atoms with van der Waals surface area (Å²) in [5.74, 6) is -3.02. The zero-order valence-electron chi connectivity index (χ0n) is 14.2. The Balaban J connectivity index is 2.83. The van der Waals surface area contributed by atoms with Crippen molar-refractivity contribution in [3.63, 3.8) is 0 Å². The van der Waals surface area contributed by atoms with Gasteiger partial charge in [0.15, 0.2) is 0 Å². The summed E-state index contributed by atoms with van der Waals surface area (Å²) in [7, 11) is 0. The third kappa shape index (κ3) is 7.18. The monoisotopic (exact) mass is 366 g/mol. The third-order valence-electron chi connectivity index (χ3n) is 3.38. The minimum absolute atomic E-state index is 0.0442. The summed E-state index contributed by atoms with van der Waals surface area (Å²) in [6.45, 7) is 0.545. The first-order valence-corrected chi connectivity index (χ1v) is 7.80. The maximum Gasteiger partial charge on any atom is 0.322 e. The number of nitrogens with one attached hydrogen (secondary N) is 3. The molecule has 1 aromatic carbocycles. The lowest BCUT2D eigenvalue weighted by atomic mass is 10.0. The predicted molar refractivity (Wildman–Crippen MR) is 91.0 cm³/mol. The summed E-state index contributed by atoms with van der Waals surface area (Å²) in [5.41, 5.74) is 5.80. The third-order valence-corrected chi connectivity index (χ3v) is 3.38. The van der Waals surface area contributed by atoms with Crippen molar-refractivity contribution >= 4 is 23.7 Å². The first-order chi connectivity index (χ1) is 12.2. The molecule has 10 nitrogen and oxygen atoms in total. The van der Waals surface area contributed by atoms with Crippen LogP contribution in [0.3, 0.4) is 0 Å². The number of amides is 3. The minimum Gasteiger partial charge on any atom is -0.508 e. The van der Waals surface area contributed by atoms with Crippen molar-refractivity contribution in [2.24, 2.45) is 5.73 Å². The molecule has 1 aromatic rings. The fourth-order valence-corrected chi connectivity index (χ4v) is 2.03. The molecular weight excluding hydrogens is 344 g/mol. The predicted octanol–water partition coefficient (Wildman–Crippen LogP) is -1.92. The fourth-order valence-electron chi connectivity index (χ4n) is 2.03. The standard InChI is InChI=1S/C16H22N4O6/c1-9(19-13(22)7-17)15(25)20-12(16(26)18-8-14(23)24)6-10-2-4-11(21)5-3-10/h2-5,9,12,21H,6-8,17H2,1H3,(H,18,26)(H,19,22)(H,20,25)(H,23,24). The normalized spacial score (nSPS) is 12.5. The number of rotatable bonds is 9. The largest absolute Gasteiger partial charge is 0.508 e. The highest BCUT2D eigenvalue weighted by Crippen LogP contribution is 2.11. The Kier molecular flexibility index (Phi) is 8.03. The quantitative estimate of drug-likeness (QED) is 0.296. The lowest BCUT2D eigenvalue weighted by Gasteiger charge is -2.21. The van der Waals surface area contributed by atoms with Crippen LogP contribution in [0.15, 0.2) is 24.3 Å². The molecule has 3 amide bonds. The van der Waals surface area contributed by atoms with Crippen molar-refractivity contribution in [3.8, 4) is 5.75 Å². The number of phenols is 1. The van der Waals surface area contributed by atoms with Gasteiger partial charge >= 0.3 is 5.97 Å². The highest BCUT2D eigenvalue weighted by molar-refractivity contribution is 5.93. The number of hydrogen-bond donors (Lipinski definition) is 6. The highest BCUT2D eigenvalue weighted by atomic mass is 16.4. The number of benzene rings is 1. The van der Waals surface area contributed by atoms with E-state index in [1.165, 1.54) is 19.1 Å². The average molecular weight is 366 g/mol. The number of aromatic hydroxyl groups is 1. The van der Waals surface area contributed by atoms with Crippen molar-refractivity contribution in [2.45, 2.75) is 25.4 Å². The van der Waals surface area contributed by atoms with E-state index in [4.69, 9.17) is 10.8 Å². The van der Waals surface area contributed by atoms with Crippen LogP contribution in [0.2, 0.25) is 0 Å². The first kappa shape index (κ1) is 20.9. The molecule has 0 fully saturated rings. The van der Waals surface area contributed by atoms with Gasteiger partial charge in [-0.15, -0.1) is 0 Å². The number of carbonyl (C=O) groups excluding carboxylic acids is 3. The van der Waals surface area contributed by atoms with E-state index in [0.717, 1.165) is 0 Å². The molecule has 26 heavy (non-hydrogen) atoms. The van der Waals surface area contributed by atoms with Gasteiger partial charge in [0, 0.05) is 6.42 Å². The number of aliphatic carboxylic acids is 1. The Morgan fingerprint density at radius 2 is 1.69 bits per heavy atom. The summed E-state index contributed by atoms with van der Waals surface area (Å²) in [4.78, 5) is 46.3. The van der Waals surface area contributed by atoms with Gasteiger partial charge < -0.3 is 31.9 Å². The lowest BCUT2D eigenvalue weighted by Crippen LogP contribution is -2.54. The van der Waals surface area contributed by atoms with E-state index in [-0.39, 0.29) is 18.7 Å². The van der Waals surface area contributed by atoms with Gasteiger partial charge in [-0.2, -0.15) is 0 Å². The van der Waals surface area contributed by atoms with Gasteiger partial charge in [-0.3, -0.25) is 19.2 Å². The average Bonchev–Trinajstić information content (AvgIpc) is 2.60. The summed E-state index contributed by atoms with van der Waals surface area (Å²) in [6, 6.07) is 3.99. The van der Waals surface area contributed by atoms with E-state index in [2.05, 4.69) is 16.0 Å². The Bertz CT molecular complexity index is 661. The van der Waals surface area contributed by atoms with E-state index >= 15 is 0 Å². The van der Waals surface area contributed by atoms with Crippen LogP contribution in [0.1, 0.15) is 12.5 Å². The molecule has 0 aromatic heterocycles.